The average molecular weight is 351 g/mol. The quantitative estimate of drug-likeness (QED) is 0.844. The zero-order valence-electron chi connectivity index (χ0n) is 16.0. The highest BCUT2D eigenvalue weighted by Crippen LogP contribution is 2.45. The van der Waals surface area contributed by atoms with Crippen LogP contribution in [0.1, 0.15) is 50.7 Å². The van der Waals surface area contributed by atoms with Gasteiger partial charge in [-0.05, 0) is 30.4 Å². The SMILES string of the molecule is CC(C)(C)C1(O)CCN(CC2c3ccccc3Oc3ccccc32)CC1. The largest absolute Gasteiger partial charge is 0.457 e. The number of hydrogen-bond donors (Lipinski definition) is 1. The molecule has 0 aromatic heterocycles. The van der Waals surface area contributed by atoms with E-state index in [1.807, 2.05) is 12.1 Å². The first-order valence-corrected chi connectivity index (χ1v) is 9.68. The first kappa shape index (κ1) is 17.6. The topological polar surface area (TPSA) is 32.7 Å². The molecule has 2 heterocycles. The maximum Gasteiger partial charge on any atom is 0.131 e. The predicted octanol–water partition coefficient (Wildman–Crippen LogP) is 4.80. The van der Waals surface area contributed by atoms with Crippen LogP contribution in [-0.4, -0.2) is 35.2 Å². The minimum atomic E-state index is -0.561. The molecule has 0 bridgehead atoms. The van der Waals surface area contributed by atoms with Crippen LogP contribution in [0.3, 0.4) is 0 Å². The van der Waals surface area contributed by atoms with Crippen molar-refractivity contribution in [1.82, 2.24) is 4.90 Å². The molecule has 138 valence electrons. The molecule has 0 amide bonds. The van der Waals surface area contributed by atoms with Crippen LogP contribution in [0.5, 0.6) is 11.5 Å². The van der Waals surface area contributed by atoms with Gasteiger partial charge in [-0.3, -0.25) is 0 Å². The number of likely N-dealkylation sites (tertiary alicyclic amines) is 1. The summed E-state index contributed by atoms with van der Waals surface area (Å²) in [5, 5.41) is 11.0. The van der Waals surface area contributed by atoms with Gasteiger partial charge in [-0.15, -0.1) is 0 Å². The Morgan fingerprint density at radius 2 is 1.46 bits per heavy atom. The predicted molar refractivity (Wildman–Crippen MR) is 105 cm³/mol. The van der Waals surface area contributed by atoms with Gasteiger partial charge in [0.2, 0.25) is 0 Å². The lowest BCUT2D eigenvalue weighted by molar-refractivity contribution is -0.0990. The number of rotatable bonds is 2. The summed E-state index contributed by atoms with van der Waals surface area (Å²) in [6.07, 6.45) is 1.67. The highest BCUT2D eigenvalue weighted by molar-refractivity contribution is 5.53. The van der Waals surface area contributed by atoms with E-state index in [9.17, 15) is 5.11 Å². The van der Waals surface area contributed by atoms with Crippen LogP contribution in [0.2, 0.25) is 0 Å². The van der Waals surface area contributed by atoms with Gasteiger partial charge in [0, 0.05) is 36.7 Å². The third-order valence-corrected chi connectivity index (χ3v) is 6.33. The van der Waals surface area contributed by atoms with E-state index in [1.165, 1.54) is 11.1 Å². The van der Waals surface area contributed by atoms with Crippen molar-refractivity contribution in [2.45, 2.75) is 45.1 Å². The summed E-state index contributed by atoms with van der Waals surface area (Å²) in [4.78, 5) is 2.50. The Kier molecular flexibility index (Phi) is 4.32. The molecular formula is C23H29NO2. The highest BCUT2D eigenvalue weighted by atomic mass is 16.5. The summed E-state index contributed by atoms with van der Waals surface area (Å²) >= 11 is 0. The van der Waals surface area contributed by atoms with E-state index in [0.29, 0.717) is 5.92 Å². The van der Waals surface area contributed by atoms with Crippen LogP contribution in [0.25, 0.3) is 0 Å². The first-order chi connectivity index (χ1) is 12.4. The molecule has 1 N–H and O–H groups in total. The monoisotopic (exact) mass is 351 g/mol. The Morgan fingerprint density at radius 3 is 1.96 bits per heavy atom. The summed E-state index contributed by atoms with van der Waals surface area (Å²) in [5.41, 5.74) is 1.90. The Morgan fingerprint density at radius 1 is 0.962 bits per heavy atom. The summed E-state index contributed by atoms with van der Waals surface area (Å²) in [7, 11) is 0. The molecule has 1 fully saturated rings. The van der Waals surface area contributed by atoms with E-state index >= 15 is 0 Å². The molecule has 0 unspecified atom stereocenters. The summed E-state index contributed by atoms with van der Waals surface area (Å²) in [6, 6.07) is 16.8. The van der Waals surface area contributed by atoms with Crippen LogP contribution in [0.4, 0.5) is 0 Å². The van der Waals surface area contributed by atoms with E-state index < -0.39 is 5.60 Å². The second-order valence-electron chi connectivity index (χ2n) is 8.81. The Hall–Kier alpha value is -1.84. The number of benzene rings is 2. The minimum absolute atomic E-state index is 0.0725. The van der Waals surface area contributed by atoms with Crippen LogP contribution < -0.4 is 4.74 Å². The fourth-order valence-corrected chi connectivity index (χ4v) is 4.32. The number of hydrogen-bond acceptors (Lipinski definition) is 3. The Bertz CT molecular complexity index is 739. The van der Waals surface area contributed by atoms with E-state index in [1.54, 1.807) is 0 Å². The van der Waals surface area contributed by atoms with E-state index in [2.05, 4.69) is 62.1 Å². The van der Waals surface area contributed by atoms with Crippen molar-refractivity contribution in [2.24, 2.45) is 5.41 Å². The molecule has 2 aliphatic heterocycles. The lowest BCUT2D eigenvalue weighted by Crippen LogP contribution is -2.52. The zero-order valence-corrected chi connectivity index (χ0v) is 16.0. The van der Waals surface area contributed by atoms with Crippen molar-refractivity contribution in [3.63, 3.8) is 0 Å². The average Bonchev–Trinajstić information content (AvgIpc) is 2.62. The van der Waals surface area contributed by atoms with Crippen LogP contribution >= 0.6 is 0 Å². The normalized spacial score (nSPS) is 20.2. The van der Waals surface area contributed by atoms with Gasteiger partial charge in [0.05, 0.1) is 5.60 Å². The molecule has 4 rings (SSSR count). The molecule has 0 spiro atoms. The first-order valence-electron chi connectivity index (χ1n) is 9.68. The lowest BCUT2D eigenvalue weighted by atomic mass is 9.71. The number of nitrogens with zero attached hydrogens (tertiary/aromatic N) is 1. The van der Waals surface area contributed by atoms with Gasteiger partial charge in [-0.2, -0.15) is 0 Å². The van der Waals surface area contributed by atoms with Crippen molar-refractivity contribution in [3.8, 4) is 11.5 Å². The van der Waals surface area contributed by atoms with Crippen molar-refractivity contribution in [1.29, 1.82) is 0 Å². The Balaban J connectivity index is 1.56. The van der Waals surface area contributed by atoms with Gasteiger partial charge in [-0.1, -0.05) is 57.2 Å². The number of fused-ring (bicyclic) bond motifs is 2. The smallest absolute Gasteiger partial charge is 0.131 e. The van der Waals surface area contributed by atoms with Crippen molar-refractivity contribution in [2.75, 3.05) is 19.6 Å². The number of piperidine rings is 1. The van der Waals surface area contributed by atoms with Gasteiger partial charge in [0.15, 0.2) is 0 Å². The molecule has 2 aromatic rings. The molecule has 0 aliphatic carbocycles. The molecule has 3 nitrogen and oxygen atoms in total. The van der Waals surface area contributed by atoms with E-state index in [4.69, 9.17) is 4.74 Å². The molecule has 2 aromatic carbocycles. The third-order valence-electron chi connectivity index (χ3n) is 6.33. The fourth-order valence-electron chi connectivity index (χ4n) is 4.32. The minimum Gasteiger partial charge on any atom is -0.457 e. The molecule has 0 atom stereocenters. The second-order valence-corrected chi connectivity index (χ2v) is 8.81. The number of aliphatic hydroxyl groups is 1. The fraction of sp³-hybridized carbons (Fsp3) is 0.478. The molecule has 26 heavy (non-hydrogen) atoms. The van der Waals surface area contributed by atoms with Gasteiger partial charge < -0.3 is 14.7 Å². The van der Waals surface area contributed by atoms with Gasteiger partial charge in [0.1, 0.15) is 11.5 Å². The standard InChI is InChI=1S/C23H29NO2/c1-22(2,3)23(25)12-14-24(15-13-23)16-19-17-8-4-6-10-20(17)26-21-11-7-5-9-18(19)21/h4-11,19,25H,12-16H2,1-3H3. The van der Waals surface area contributed by atoms with Gasteiger partial charge in [0.25, 0.3) is 0 Å². The Labute approximate surface area is 156 Å². The van der Waals surface area contributed by atoms with Crippen LogP contribution in [0.15, 0.2) is 48.5 Å². The van der Waals surface area contributed by atoms with Crippen LogP contribution in [0, 0.1) is 5.41 Å². The maximum atomic E-state index is 11.0. The second kappa shape index (κ2) is 6.40. The molecule has 1 saturated heterocycles. The molecule has 2 aliphatic rings. The van der Waals surface area contributed by atoms with Crippen molar-refractivity contribution < 1.29 is 9.84 Å². The molecule has 3 heteroatoms. The summed E-state index contributed by atoms with van der Waals surface area (Å²) in [6.45, 7) is 9.29. The van der Waals surface area contributed by atoms with Crippen molar-refractivity contribution >= 4 is 0 Å². The molecule has 0 saturated carbocycles. The number of ether oxygens (including phenoxy) is 1. The van der Waals surface area contributed by atoms with Crippen LogP contribution in [-0.2, 0) is 0 Å². The zero-order chi connectivity index (χ0) is 18.4. The molecule has 0 radical (unpaired) electrons. The van der Waals surface area contributed by atoms with Gasteiger partial charge in [-0.25, -0.2) is 0 Å². The van der Waals surface area contributed by atoms with Gasteiger partial charge >= 0.3 is 0 Å². The maximum absolute atomic E-state index is 11.0. The molecular weight excluding hydrogens is 322 g/mol. The summed E-state index contributed by atoms with van der Waals surface area (Å²) < 4.78 is 6.12. The van der Waals surface area contributed by atoms with Crippen molar-refractivity contribution in [3.05, 3.63) is 59.7 Å². The van der Waals surface area contributed by atoms with E-state index in [0.717, 1.165) is 44.0 Å². The highest BCUT2D eigenvalue weighted by Gasteiger charge is 2.42. The lowest BCUT2D eigenvalue weighted by Gasteiger charge is -2.47. The number of para-hydroxylation sites is 2. The third kappa shape index (κ3) is 3.04. The van der Waals surface area contributed by atoms with E-state index in [-0.39, 0.29) is 5.41 Å². The summed E-state index contributed by atoms with van der Waals surface area (Å²) in [5.74, 6) is 2.26.